The predicted molar refractivity (Wildman–Crippen MR) is 111 cm³/mol. The van der Waals surface area contributed by atoms with E-state index in [0.717, 1.165) is 70.1 Å². The van der Waals surface area contributed by atoms with Crippen molar-refractivity contribution in [2.75, 3.05) is 46.6 Å². The van der Waals surface area contributed by atoms with E-state index in [2.05, 4.69) is 15.6 Å². The van der Waals surface area contributed by atoms with Crippen LogP contribution < -0.4 is 10.6 Å². The second-order valence-electron chi connectivity index (χ2n) is 8.20. The molecule has 1 aliphatic heterocycles. The van der Waals surface area contributed by atoms with Gasteiger partial charge < -0.3 is 20.1 Å². The summed E-state index contributed by atoms with van der Waals surface area (Å²) in [6.45, 7) is 4.43. The van der Waals surface area contributed by atoms with E-state index in [1.807, 2.05) is 0 Å². The summed E-state index contributed by atoms with van der Waals surface area (Å²) in [7, 11) is 1.70. The Balaban J connectivity index is 1.37. The van der Waals surface area contributed by atoms with E-state index in [4.69, 9.17) is 9.47 Å². The van der Waals surface area contributed by atoms with E-state index in [9.17, 15) is 13.2 Å². The van der Waals surface area contributed by atoms with Gasteiger partial charge in [0.1, 0.15) is 0 Å². The standard InChI is InChI=1S/C22H32F3N3O2/c1-26-20(27-10-3-11-30-15-17-6-12-29-13-7-17)28-16-21(8-9-21)18-4-2-5-19(14-18)22(23,24)25/h2,4-5,14,17H,3,6-13,15-16H2,1H3,(H2,26,27,28). The molecule has 1 aromatic carbocycles. The number of nitrogens with zero attached hydrogens (tertiary/aromatic N) is 1. The molecule has 0 spiro atoms. The molecule has 0 radical (unpaired) electrons. The molecule has 0 amide bonds. The fraction of sp³-hybridized carbons (Fsp3) is 0.682. The van der Waals surface area contributed by atoms with Crippen LogP contribution in [0.15, 0.2) is 29.3 Å². The van der Waals surface area contributed by atoms with Gasteiger partial charge >= 0.3 is 6.18 Å². The van der Waals surface area contributed by atoms with Gasteiger partial charge in [0.15, 0.2) is 5.96 Å². The molecule has 0 aromatic heterocycles. The van der Waals surface area contributed by atoms with Gasteiger partial charge in [-0.25, -0.2) is 0 Å². The van der Waals surface area contributed by atoms with Crippen LogP contribution >= 0.6 is 0 Å². The van der Waals surface area contributed by atoms with Crippen molar-refractivity contribution in [3.63, 3.8) is 0 Å². The molecule has 8 heteroatoms. The topological polar surface area (TPSA) is 54.9 Å². The summed E-state index contributed by atoms with van der Waals surface area (Å²) in [5.74, 6) is 1.27. The van der Waals surface area contributed by atoms with Gasteiger partial charge in [0, 0.05) is 52.0 Å². The minimum atomic E-state index is -4.32. The van der Waals surface area contributed by atoms with Crippen LogP contribution in [0.3, 0.4) is 0 Å². The largest absolute Gasteiger partial charge is 0.416 e. The second kappa shape index (κ2) is 10.5. The Kier molecular flexibility index (Phi) is 7.99. The smallest absolute Gasteiger partial charge is 0.381 e. The molecule has 1 aliphatic carbocycles. The number of ether oxygens (including phenoxy) is 2. The van der Waals surface area contributed by atoms with Crippen molar-refractivity contribution in [1.82, 2.24) is 10.6 Å². The Morgan fingerprint density at radius 1 is 1.23 bits per heavy atom. The summed E-state index contributed by atoms with van der Waals surface area (Å²) in [6.07, 6.45) is 0.439. The maximum Gasteiger partial charge on any atom is 0.416 e. The van der Waals surface area contributed by atoms with Gasteiger partial charge in [0.05, 0.1) is 5.56 Å². The van der Waals surface area contributed by atoms with E-state index in [1.54, 1.807) is 13.1 Å². The minimum Gasteiger partial charge on any atom is -0.381 e. The molecule has 1 saturated carbocycles. The van der Waals surface area contributed by atoms with Crippen molar-refractivity contribution in [3.8, 4) is 0 Å². The fourth-order valence-electron chi connectivity index (χ4n) is 3.76. The average Bonchev–Trinajstić information content (AvgIpc) is 3.54. The molecule has 1 aromatic rings. The van der Waals surface area contributed by atoms with Crippen LogP contribution in [0.25, 0.3) is 0 Å². The van der Waals surface area contributed by atoms with Gasteiger partial charge in [-0.2, -0.15) is 13.2 Å². The van der Waals surface area contributed by atoms with Crippen molar-refractivity contribution in [3.05, 3.63) is 35.4 Å². The lowest BCUT2D eigenvalue weighted by Gasteiger charge is -2.22. The first-order valence-electron chi connectivity index (χ1n) is 10.7. The van der Waals surface area contributed by atoms with Crippen molar-refractivity contribution in [2.45, 2.75) is 43.7 Å². The van der Waals surface area contributed by atoms with Crippen molar-refractivity contribution < 1.29 is 22.6 Å². The molecule has 168 valence electrons. The van der Waals surface area contributed by atoms with Gasteiger partial charge in [-0.05, 0) is 49.7 Å². The number of halogens is 3. The third-order valence-corrected chi connectivity index (χ3v) is 5.93. The number of rotatable bonds is 9. The van der Waals surface area contributed by atoms with Crippen LogP contribution in [0.4, 0.5) is 13.2 Å². The molecule has 3 rings (SSSR count). The second-order valence-corrected chi connectivity index (χ2v) is 8.20. The Bertz CT molecular complexity index is 699. The van der Waals surface area contributed by atoms with E-state index < -0.39 is 11.7 Å². The predicted octanol–water partition coefficient (Wildman–Crippen LogP) is 3.74. The maximum absolute atomic E-state index is 13.0. The lowest BCUT2D eigenvalue weighted by Crippen LogP contribution is -2.41. The molecule has 2 fully saturated rings. The number of benzene rings is 1. The summed E-state index contributed by atoms with van der Waals surface area (Å²) in [5.41, 5.74) is -0.0950. The van der Waals surface area contributed by atoms with Crippen LogP contribution in [0.5, 0.6) is 0 Å². The van der Waals surface area contributed by atoms with E-state index >= 15 is 0 Å². The monoisotopic (exact) mass is 427 g/mol. The molecule has 2 N–H and O–H groups in total. The zero-order valence-electron chi connectivity index (χ0n) is 17.6. The normalized spacial score (nSPS) is 19.5. The molecule has 0 atom stereocenters. The van der Waals surface area contributed by atoms with Crippen molar-refractivity contribution >= 4 is 5.96 Å². The van der Waals surface area contributed by atoms with Gasteiger partial charge in [0.2, 0.25) is 0 Å². The highest BCUT2D eigenvalue weighted by Crippen LogP contribution is 2.48. The molecule has 2 aliphatic rings. The molecular formula is C22H32F3N3O2. The molecular weight excluding hydrogens is 395 g/mol. The van der Waals surface area contributed by atoms with Gasteiger partial charge in [-0.3, -0.25) is 4.99 Å². The fourth-order valence-corrected chi connectivity index (χ4v) is 3.76. The number of nitrogens with one attached hydrogen (secondary N) is 2. The Labute approximate surface area is 176 Å². The molecule has 0 unspecified atom stereocenters. The van der Waals surface area contributed by atoms with Crippen LogP contribution in [-0.2, 0) is 21.1 Å². The highest BCUT2D eigenvalue weighted by atomic mass is 19.4. The highest BCUT2D eigenvalue weighted by molar-refractivity contribution is 5.79. The lowest BCUT2D eigenvalue weighted by molar-refractivity contribution is -0.137. The number of guanidine groups is 1. The minimum absolute atomic E-state index is 0.244. The molecule has 1 saturated heterocycles. The Morgan fingerprint density at radius 3 is 2.67 bits per heavy atom. The number of hydrogen-bond donors (Lipinski definition) is 2. The Hall–Kier alpha value is -1.80. The first-order chi connectivity index (χ1) is 14.4. The lowest BCUT2D eigenvalue weighted by atomic mass is 9.94. The number of alkyl halides is 3. The summed E-state index contributed by atoms with van der Waals surface area (Å²) < 4.78 is 50.2. The molecule has 30 heavy (non-hydrogen) atoms. The van der Waals surface area contributed by atoms with Crippen molar-refractivity contribution in [1.29, 1.82) is 0 Å². The van der Waals surface area contributed by atoms with Crippen LogP contribution in [-0.4, -0.2) is 52.5 Å². The summed E-state index contributed by atoms with van der Waals surface area (Å²) in [5, 5.41) is 6.53. The number of aliphatic imine (C=N–C) groups is 1. The molecule has 1 heterocycles. The van der Waals surface area contributed by atoms with Crippen LogP contribution in [0.1, 0.15) is 43.2 Å². The average molecular weight is 428 g/mol. The van der Waals surface area contributed by atoms with E-state index in [-0.39, 0.29) is 5.41 Å². The van der Waals surface area contributed by atoms with Crippen molar-refractivity contribution in [2.24, 2.45) is 10.9 Å². The van der Waals surface area contributed by atoms with E-state index in [1.165, 1.54) is 12.1 Å². The summed E-state index contributed by atoms with van der Waals surface area (Å²) in [6, 6.07) is 5.68. The zero-order chi connectivity index (χ0) is 21.5. The third kappa shape index (κ3) is 6.60. The molecule has 0 bridgehead atoms. The first kappa shape index (κ1) is 22.9. The van der Waals surface area contributed by atoms with Crippen LogP contribution in [0, 0.1) is 5.92 Å². The van der Waals surface area contributed by atoms with Gasteiger partial charge in [0.25, 0.3) is 0 Å². The highest BCUT2D eigenvalue weighted by Gasteiger charge is 2.45. The Morgan fingerprint density at radius 2 is 2.00 bits per heavy atom. The first-order valence-corrected chi connectivity index (χ1v) is 10.7. The summed E-state index contributed by atoms with van der Waals surface area (Å²) >= 11 is 0. The maximum atomic E-state index is 13.0. The SMILES string of the molecule is CN=C(NCCCOCC1CCOCC1)NCC1(c2cccc(C(F)(F)F)c2)CC1. The quantitative estimate of drug-likeness (QED) is 0.358. The zero-order valence-corrected chi connectivity index (χ0v) is 17.6. The van der Waals surface area contributed by atoms with Crippen LogP contribution in [0.2, 0.25) is 0 Å². The van der Waals surface area contributed by atoms with Gasteiger partial charge in [-0.15, -0.1) is 0 Å². The number of hydrogen-bond acceptors (Lipinski definition) is 3. The summed E-state index contributed by atoms with van der Waals surface area (Å²) in [4.78, 5) is 4.22. The third-order valence-electron chi connectivity index (χ3n) is 5.93. The van der Waals surface area contributed by atoms with E-state index in [0.29, 0.717) is 25.0 Å². The van der Waals surface area contributed by atoms with Gasteiger partial charge in [-0.1, -0.05) is 18.2 Å². The molecule has 5 nitrogen and oxygen atoms in total.